The smallest absolute Gasteiger partial charge is 0.341 e. The first kappa shape index (κ1) is 18.0. The SMILES string of the molecule is CC(C)N(CC(=O)O)C(=O)c1ccc(S(=O)(=O)C(F)F)cc1. The maximum absolute atomic E-state index is 12.4. The van der Waals surface area contributed by atoms with Crippen LogP contribution in [-0.4, -0.2) is 48.6 Å². The Balaban J connectivity index is 3.08. The fourth-order valence-electron chi connectivity index (χ4n) is 1.69. The summed E-state index contributed by atoms with van der Waals surface area (Å²) in [6.45, 7) is 2.72. The molecule has 6 nitrogen and oxygen atoms in total. The maximum atomic E-state index is 12.4. The van der Waals surface area contributed by atoms with Crippen LogP contribution in [0.2, 0.25) is 0 Å². The summed E-state index contributed by atoms with van der Waals surface area (Å²) in [6.07, 6.45) is 0. The van der Waals surface area contributed by atoms with E-state index in [-0.39, 0.29) is 5.56 Å². The zero-order chi connectivity index (χ0) is 17.1. The molecule has 0 fully saturated rings. The molecule has 1 aromatic carbocycles. The molecule has 0 radical (unpaired) electrons. The van der Waals surface area contributed by atoms with E-state index in [1.54, 1.807) is 13.8 Å². The molecule has 22 heavy (non-hydrogen) atoms. The molecular formula is C13H15F2NO5S. The first-order valence-corrected chi connectivity index (χ1v) is 7.77. The number of nitrogens with zero attached hydrogens (tertiary/aromatic N) is 1. The third-order valence-corrected chi connectivity index (χ3v) is 4.25. The van der Waals surface area contributed by atoms with E-state index < -0.39 is 45.0 Å². The van der Waals surface area contributed by atoms with Gasteiger partial charge in [-0.25, -0.2) is 8.42 Å². The quantitative estimate of drug-likeness (QED) is 0.853. The fraction of sp³-hybridized carbons (Fsp3) is 0.385. The molecule has 9 heteroatoms. The molecule has 0 bridgehead atoms. The van der Waals surface area contributed by atoms with E-state index in [2.05, 4.69) is 0 Å². The van der Waals surface area contributed by atoms with E-state index in [0.29, 0.717) is 0 Å². The van der Waals surface area contributed by atoms with Gasteiger partial charge in [0.15, 0.2) is 0 Å². The fourth-order valence-corrected chi connectivity index (χ4v) is 2.41. The van der Waals surface area contributed by atoms with Gasteiger partial charge in [-0.3, -0.25) is 9.59 Å². The minimum Gasteiger partial charge on any atom is -0.480 e. The number of carboxylic acid groups (broad SMARTS) is 1. The van der Waals surface area contributed by atoms with Crippen LogP contribution in [0.3, 0.4) is 0 Å². The number of hydrogen-bond donors (Lipinski definition) is 1. The van der Waals surface area contributed by atoms with Gasteiger partial charge in [0.1, 0.15) is 6.54 Å². The molecular weight excluding hydrogens is 320 g/mol. The van der Waals surface area contributed by atoms with Crippen molar-refractivity contribution < 1.29 is 31.9 Å². The van der Waals surface area contributed by atoms with Gasteiger partial charge in [-0.05, 0) is 38.1 Å². The number of carboxylic acids is 1. The van der Waals surface area contributed by atoms with E-state index in [1.807, 2.05) is 0 Å². The molecule has 0 saturated carbocycles. The number of amides is 1. The van der Waals surface area contributed by atoms with Crippen LogP contribution in [0.1, 0.15) is 24.2 Å². The number of alkyl halides is 2. The topological polar surface area (TPSA) is 91.8 Å². The number of sulfone groups is 1. The van der Waals surface area contributed by atoms with Gasteiger partial charge in [0, 0.05) is 11.6 Å². The van der Waals surface area contributed by atoms with E-state index >= 15 is 0 Å². The van der Waals surface area contributed by atoms with Gasteiger partial charge in [0.25, 0.3) is 5.91 Å². The Kier molecular flexibility index (Phi) is 5.59. The second-order valence-electron chi connectivity index (χ2n) is 4.75. The number of hydrogen-bond acceptors (Lipinski definition) is 4. The molecule has 0 aliphatic heterocycles. The third kappa shape index (κ3) is 4.00. The minimum atomic E-state index is -4.73. The summed E-state index contributed by atoms with van der Waals surface area (Å²) in [5.41, 5.74) is 0.0168. The van der Waals surface area contributed by atoms with Crippen LogP contribution in [0.5, 0.6) is 0 Å². The van der Waals surface area contributed by atoms with Crippen molar-refractivity contribution in [2.24, 2.45) is 0 Å². The first-order valence-electron chi connectivity index (χ1n) is 6.22. The number of aliphatic carboxylic acids is 1. The average Bonchev–Trinajstić information content (AvgIpc) is 2.43. The molecule has 1 rings (SSSR count). The average molecular weight is 335 g/mol. The standard InChI is InChI=1S/C13H15F2NO5S/c1-8(2)16(7-11(17)18)12(19)9-3-5-10(6-4-9)22(20,21)13(14)15/h3-6,8,13H,7H2,1-2H3,(H,17,18). The van der Waals surface area contributed by atoms with Gasteiger partial charge in [0.05, 0.1) is 4.90 Å². The predicted molar refractivity (Wildman–Crippen MR) is 73.4 cm³/mol. The van der Waals surface area contributed by atoms with E-state index in [4.69, 9.17) is 5.11 Å². The van der Waals surface area contributed by atoms with E-state index in [1.165, 1.54) is 0 Å². The normalized spacial score (nSPS) is 11.7. The molecule has 0 heterocycles. The maximum Gasteiger partial charge on any atom is 0.341 e. The molecule has 1 amide bonds. The van der Waals surface area contributed by atoms with Gasteiger partial charge >= 0.3 is 11.7 Å². The van der Waals surface area contributed by atoms with Crippen molar-refractivity contribution in [3.8, 4) is 0 Å². The molecule has 0 aromatic heterocycles. The molecule has 0 aliphatic rings. The lowest BCUT2D eigenvalue weighted by Gasteiger charge is -2.25. The minimum absolute atomic E-state index is 0.0168. The Labute approximate surface area is 126 Å². The van der Waals surface area contributed by atoms with Crippen molar-refractivity contribution in [2.45, 2.75) is 30.5 Å². The monoisotopic (exact) mass is 335 g/mol. The highest BCUT2D eigenvalue weighted by Gasteiger charge is 2.27. The molecule has 0 saturated heterocycles. The third-order valence-electron chi connectivity index (χ3n) is 2.85. The van der Waals surface area contributed by atoms with Crippen LogP contribution in [0.15, 0.2) is 29.2 Å². The van der Waals surface area contributed by atoms with Crippen LogP contribution < -0.4 is 0 Å². The van der Waals surface area contributed by atoms with Crippen LogP contribution in [0, 0.1) is 0 Å². The van der Waals surface area contributed by atoms with Gasteiger partial charge in [-0.15, -0.1) is 0 Å². The summed E-state index contributed by atoms with van der Waals surface area (Å²) in [5.74, 6) is -5.37. The number of halogens is 2. The Hall–Kier alpha value is -2.03. The van der Waals surface area contributed by atoms with Gasteiger partial charge in [0.2, 0.25) is 9.84 Å². The summed E-state index contributed by atoms with van der Waals surface area (Å²) in [7, 11) is -4.73. The second-order valence-corrected chi connectivity index (χ2v) is 6.67. The lowest BCUT2D eigenvalue weighted by Crippen LogP contribution is -2.40. The Morgan fingerprint density at radius 3 is 2.05 bits per heavy atom. The molecule has 0 atom stereocenters. The number of carbonyl (C=O) groups excluding carboxylic acids is 1. The van der Waals surface area contributed by atoms with Gasteiger partial charge < -0.3 is 10.0 Å². The zero-order valence-electron chi connectivity index (χ0n) is 11.9. The molecule has 1 N–H and O–H groups in total. The van der Waals surface area contributed by atoms with Gasteiger partial charge in [-0.2, -0.15) is 8.78 Å². The lowest BCUT2D eigenvalue weighted by atomic mass is 10.1. The van der Waals surface area contributed by atoms with Crippen molar-refractivity contribution in [2.75, 3.05) is 6.54 Å². The molecule has 0 unspecified atom stereocenters. The molecule has 0 spiro atoms. The van der Waals surface area contributed by atoms with Crippen LogP contribution in [0.4, 0.5) is 8.78 Å². The highest BCUT2D eigenvalue weighted by molar-refractivity contribution is 7.91. The second kappa shape index (κ2) is 6.82. The van der Waals surface area contributed by atoms with Crippen molar-refractivity contribution in [3.63, 3.8) is 0 Å². The highest BCUT2D eigenvalue weighted by atomic mass is 32.2. The molecule has 0 aliphatic carbocycles. The summed E-state index contributed by atoms with van der Waals surface area (Å²) in [5, 5.41) is 8.78. The summed E-state index contributed by atoms with van der Waals surface area (Å²) in [4.78, 5) is 23.4. The van der Waals surface area contributed by atoms with E-state index in [0.717, 1.165) is 29.2 Å². The van der Waals surface area contributed by atoms with Crippen LogP contribution in [-0.2, 0) is 14.6 Å². The van der Waals surface area contributed by atoms with Crippen molar-refractivity contribution >= 4 is 21.7 Å². The Morgan fingerprint density at radius 1 is 1.18 bits per heavy atom. The number of carbonyl (C=O) groups is 2. The number of benzene rings is 1. The van der Waals surface area contributed by atoms with E-state index in [9.17, 15) is 26.8 Å². The summed E-state index contributed by atoms with van der Waals surface area (Å²) >= 11 is 0. The predicted octanol–water partition coefficient (Wildman–Crippen LogP) is 1.62. The highest BCUT2D eigenvalue weighted by Crippen LogP contribution is 2.19. The molecule has 1 aromatic rings. The zero-order valence-corrected chi connectivity index (χ0v) is 12.7. The summed E-state index contributed by atoms with van der Waals surface area (Å²) in [6, 6.07) is 3.55. The van der Waals surface area contributed by atoms with Crippen LogP contribution >= 0.6 is 0 Å². The molecule has 122 valence electrons. The van der Waals surface area contributed by atoms with Crippen molar-refractivity contribution in [1.82, 2.24) is 4.90 Å². The largest absolute Gasteiger partial charge is 0.480 e. The first-order chi connectivity index (χ1) is 10.1. The lowest BCUT2D eigenvalue weighted by molar-refractivity contribution is -0.138. The van der Waals surface area contributed by atoms with Crippen molar-refractivity contribution in [3.05, 3.63) is 29.8 Å². The summed E-state index contributed by atoms with van der Waals surface area (Å²) < 4.78 is 47.4. The Bertz CT molecular complexity index is 656. The Morgan fingerprint density at radius 2 is 1.68 bits per heavy atom. The van der Waals surface area contributed by atoms with Crippen LogP contribution in [0.25, 0.3) is 0 Å². The number of rotatable bonds is 6. The van der Waals surface area contributed by atoms with Crippen molar-refractivity contribution in [1.29, 1.82) is 0 Å². The van der Waals surface area contributed by atoms with Gasteiger partial charge in [-0.1, -0.05) is 0 Å².